The van der Waals surface area contributed by atoms with Crippen molar-refractivity contribution in [3.8, 4) is 11.3 Å². The quantitative estimate of drug-likeness (QED) is 0.782. The summed E-state index contributed by atoms with van der Waals surface area (Å²) in [6, 6.07) is 2.06. The number of hydrogen-bond donors (Lipinski definition) is 1. The van der Waals surface area contributed by atoms with Gasteiger partial charge in [-0.1, -0.05) is 0 Å². The molecule has 0 aromatic carbocycles. The van der Waals surface area contributed by atoms with Crippen LogP contribution in [-0.2, 0) is 0 Å². The van der Waals surface area contributed by atoms with Crippen molar-refractivity contribution in [1.29, 1.82) is 0 Å². The smallest absolute Gasteiger partial charge is 0.220 e. The number of hydrogen-bond acceptors (Lipinski definition) is 5. The molecule has 0 fully saturated rings. The van der Waals surface area contributed by atoms with Gasteiger partial charge in [0.1, 0.15) is 11.5 Å². The third-order valence-electron chi connectivity index (χ3n) is 3.28. The van der Waals surface area contributed by atoms with E-state index in [0.29, 0.717) is 11.2 Å². The van der Waals surface area contributed by atoms with Crippen LogP contribution in [0.5, 0.6) is 0 Å². The Balaban J connectivity index is 2.25. The molecule has 3 heterocycles. The van der Waals surface area contributed by atoms with Gasteiger partial charge in [-0.3, -0.25) is 0 Å². The fraction of sp³-hybridized carbons (Fsp3) is 0.286. The minimum Gasteiger partial charge on any atom is -0.368 e. The van der Waals surface area contributed by atoms with Crippen molar-refractivity contribution in [3.63, 3.8) is 0 Å². The summed E-state index contributed by atoms with van der Waals surface area (Å²) in [7, 11) is 0. The van der Waals surface area contributed by atoms with Gasteiger partial charge in [-0.25, -0.2) is 24.3 Å². The van der Waals surface area contributed by atoms with Crippen LogP contribution in [0.2, 0.25) is 0 Å². The molecule has 3 aromatic heterocycles. The predicted molar refractivity (Wildman–Crippen MR) is 78.0 cm³/mol. The molecule has 0 saturated heterocycles. The Hall–Kier alpha value is -2.57. The van der Waals surface area contributed by atoms with E-state index in [1.807, 2.05) is 17.6 Å². The highest BCUT2D eigenvalue weighted by Gasteiger charge is 2.15. The molecular weight excluding hydrogens is 271 g/mol. The fourth-order valence-electron chi connectivity index (χ4n) is 2.46. The monoisotopic (exact) mass is 286 g/mol. The van der Waals surface area contributed by atoms with E-state index in [2.05, 4.69) is 33.8 Å². The zero-order valence-corrected chi connectivity index (χ0v) is 12.0. The summed E-state index contributed by atoms with van der Waals surface area (Å²) in [5.74, 6) is 0.366. The minimum atomic E-state index is -0.530. The molecule has 0 radical (unpaired) electrons. The molecule has 0 aliphatic rings. The minimum absolute atomic E-state index is 0.0278. The van der Waals surface area contributed by atoms with Gasteiger partial charge in [0.2, 0.25) is 5.95 Å². The van der Waals surface area contributed by atoms with Crippen LogP contribution >= 0.6 is 0 Å². The summed E-state index contributed by atoms with van der Waals surface area (Å²) >= 11 is 0. The van der Waals surface area contributed by atoms with Gasteiger partial charge in [0, 0.05) is 17.8 Å². The molecule has 6 nitrogen and oxygen atoms in total. The number of imidazole rings is 1. The second kappa shape index (κ2) is 4.76. The molecule has 0 aliphatic carbocycles. The van der Waals surface area contributed by atoms with Gasteiger partial charge in [-0.15, -0.1) is 0 Å². The SMILES string of the molecule is Cc1nc2ncc(-c3nc(N)ncc3F)cc2n1C(C)C. The Morgan fingerprint density at radius 1 is 1.19 bits per heavy atom. The number of nitrogen functional groups attached to an aromatic ring is 1. The largest absolute Gasteiger partial charge is 0.368 e. The standard InChI is InChI=1S/C14H15FN6/c1-7(2)21-8(3)19-13-11(21)4-9(5-17-13)12-10(15)6-18-14(16)20-12/h4-7H,1-3H3,(H2,16,18,20). The van der Waals surface area contributed by atoms with Crippen LogP contribution in [0.4, 0.5) is 10.3 Å². The maximum Gasteiger partial charge on any atom is 0.220 e. The normalized spacial score (nSPS) is 11.5. The molecule has 108 valence electrons. The summed E-state index contributed by atoms with van der Waals surface area (Å²) in [6.07, 6.45) is 2.61. The first-order chi connectivity index (χ1) is 9.97. The molecule has 0 atom stereocenters. The number of aryl methyl sites for hydroxylation is 1. The lowest BCUT2D eigenvalue weighted by Gasteiger charge is -2.11. The van der Waals surface area contributed by atoms with E-state index in [9.17, 15) is 4.39 Å². The number of anilines is 1. The molecule has 21 heavy (non-hydrogen) atoms. The molecule has 3 aromatic rings. The van der Waals surface area contributed by atoms with E-state index in [-0.39, 0.29) is 17.7 Å². The Labute approximate surface area is 120 Å². The van der Waals surface area contributed by atoms with Crippen molar-refractivity contribution in [1.82, 2.24) is 24.5 Å². The fourth-order valence-corrected chi connectivity index (χ4v) is 2.46. The third-order valence-corrected chi connectivity index (χ3v) is 3.28. The van der Waals surface area contributed by atoms with Crippen molar-refractivity contribution in [2.24, 2.45) is 0 Å². The number of halogens is 1. The van der Waals surface area contributed by atoms with E-state index < -0.39 is 5.82 Å². The predicted octanol–water partition coefficient (Wildman–Crippen LogP) is 2.50. The highest BCUT2D eigenvalue weighted by molar-refractivity contribution is 5.78. The van der Waals surface area contributed by atoms with Crippen LogP contribution in [0.15, 0.2) is 18.5 Å². The first-order valence-corrected chi connectivity index (χ1v) is 6.60. The summed E-state index contributed by atoms with van der Waals surface area (Å²) in [5.41, 5.74) is 7.71. The maximum absolute atomic E-state index is 13.9. The molecule has 0 aliphatic heterocycles. The second-order valence-electron chi connectivity index (χ2n) is 5.11. The van der Waals surface area contributed by atoms with Crippen LogP contribution in [0.3, 0.4) is 0 Å². The molecule has 0 saturated carbocycles. The van der Waals surface area contributed by atoms with E-state index in [1.54, 1.807) is 6.20 Å². The Bertz CT molecular complexity index is 824. The number of fused-ring (bicyclic) bond motifs is 1. The molecule has 0 amide bonds. The summed E-state index contributed by atoms with van der Waals surface area (Å²) in [4.78, 5) is 16.3. The zero-order chi connectivity index (χ0) is 15.1. The van der Waals surface area contributed by atoms with Crippen molar-refractivity contribution in [2.75, 3.05) is 5.73 Å². The molecule has 0 bridgehead atoms. The van der Waals surface area contributed by atoms with Gasteiger partial charge in [0.15, 0.2) is 11.5 Å². The topological polar surface area (TPSA) is 82.5 Å². The summed E-state index contributed by atoms with van der Waals surface area (Å²) in [5, 5.41) is 0. The van der Waals surface area contributed by atoms with Crippen LogP contribution in [0.25, 0.3) is 22.4 Å². The number of pyridine rings is 1. The number of rotatable bonds is 2. The molecule has 3 rings (SSSR count). The van der Waals surface area contributed by atoms with Crippen LogP contribution in [-0.4, -0.2) is 24.5 Å². The molecule has 7 heteroatoms. The van der Waals surface area contributed by atoms with E-state index in [4.69, 9.17) is 5.73 Å². The lowest BCUT2D eigenvalue weighted by atomic mass is 10.2. The third kappa shape index (κ3) is 2.20. The van der Waals surface area contributed by atoms with Gasteiger partial charge < -0.3 is 10.3 Å². The highest BCUT2D eigenvalue weighted by Crippen LogP contribution is 2.26. The lowest BCUT2D eigenvalue weighted by Crippen LogP contribution is -2.03. The van der Waals surface area contributed by atoms with E-state index in [1.165, 1.54) is 0 Å². The van der Waals surface area contributed by atoms with Crippen molar-refractivity contribution >= 4 is 17.1 Å². The van der Waals surface area contributed by atoms with Gasteiger partial charge in [-0.05, 0) is 26.8 Å². The molecule has 2 N–H and O–H groups in total. The van der Waals surface area contributed by atoms with Gasteiger partial charge in [0.25, 0.3) is 0 Å². The van der Waals surface area contributed by atoms with Crippen LogP contribution < -0.4 is 5.73 Å². The first-order valence-electron chi connectivity index (χ1n) is 6.60. The Kier molecular flexibility index (Phi) is 3.04. The van der Waals surface area contributed by atoms with Crippen molar-refractivity contribution in [3.05, 3.63) is 30.1 Å². The number of nitrogens with zero attached hydrogens (tertiary/aromatic N) is 5. The highest BCUT2D eigenvalue weighted by atomic mass is 19.1. The first kappa shape index (κ1) is 13.4. The maximum atomic E-state index is 13.9. The average Bonchev–Trinajstić information content (AvgIpc) is 2.76. The van der Waals surface area contributed by atoms with E-state index >= 15 is 0 Å². The zero-order valence-electron chi connectivity index (χ0n) is 12.0. The molecule has 0 spiro atoms. The van der Waals surface area contributed by atoms with E-state index in [0.717, 1.165) is 17.5 Å². The molecular formula is C14H15FN6. The summed E-state index contributed by atoms with van der Waals surface area (Å²) < 4.78 is 15.9. The Morgan fingerprint density at radius 2 is 1.95 bits per heavy atom. The molecule has 0 unspecified atom stereocenters. The van der Waals surface area contributed by atoms with Crippen molar-refractivity contribution in [2.45, 2.75) is 26.8 Å². The van der Waals surface area contributed by atoms with Crippen molar-refractivity contribution < 1.29 is 4.39 Å². The second-order valence-corrected chi connectivity index (χ2v) is 5.11. The number of nitrogens with two attached hydrogens (primary N) is 1. The van der Waals surface area contributed by atoms with Gasteiger partial charge in [0.05, 0.1) is 11.7 Å². The van der Waals surface area contributed by atoms with Gasteiger partial charge in [-0.2, -0.15) is 0 Å². The van der Waals surface area contributed by atoms with Crippen LogP contribution in [0, 0.1) is 12.7 Å². The lowest BCUT2D eigenvalue weighted by molar-refractivity contribution is 0.600. The van der Waals surface area contributed by atoms with Crippen LogP contribution in [0.1, 0.15) is 25.7 Å². The Morgan fingerprint density at radius 3 is 2.67 bits per heavy atom. The summed E-state index contributed by atoms with van der Waals surface area (Å²) in [6.45, 7) is 6.04. The average molecular weight is 286 g/mol. The van der Waals surface area contributed by atoms with Gasteiger partial charge >= 0.3 is 0 Å². The number of aromatic nitrogens is 5.